The fourth-order valence-corrected chi connectivity index (χ4v) is 0.378. The van der Waals surface area contributed by atoms with Crippen LogP contribution in [0.5, 0.6) is 0 Å². The van der Waals surface area contributed by atoms with Crippen LogP contribution in [-0.2, 0) is 4.74 Å². The van der Waals surface area contributed by atoms with Gasteiger partial charge in [0.25, 0.3) is 0 Å². The monoisotopic (exact) mass is 144 g/mol. The molecule has 0 unspecified atom stereocenters. The summed E-state index contributed by atoms with van der Waals surface area (Å²) in [5, 5.41) is 0. The second-order valence-electron chi connectivity index (χ2n) is 1.27. The van der Waals surface area contributed by atoms with Crippen molar-refractivity contribution in [3.8, 4) is 0 Å². The highest BCUT2D eigenvalue weighted by molar-refractivity contribution is 6.25. The minimum Gasteiger partial charge on any atom is -0.504 e. The van der Waals surface area contributed by atoms with E-state index in [0.717, 1.165) is 0 Å². The molecule has 0 radical (unpaired) electrons. The second-order valence-corrected chi connectivity index (χ2v) is 1.52. The Kier molecular flexibility index (Phi) is 6.75. The van der Waals surface area contributed by atoms with Crippen LogP contribution in [0.25, 0.3) is 0 Å². The Balaban J connectivity index is 3.35. The Morgan fingerprint density at radius 3 is 2.33 bits per heavy atom. The van der Waals surface area contributed by atoms with Crippen LogP contribution in [0.1, 0.15) is 0 Å². The van der Waals surface area contributed by atoms with Crippen molar-refractivity contribution in [1.82, 2.24) is 0 Å². The third-order valence-corrected chi connectivity index (χ3v) is 0.766. The molecule has 0 aliphatic carbocycles. The van der Waals surface area contributed by atoms with Crippen molar-refractivity contribution in [3.63, 3.8) is 0 Å². The first kappa shape index (κ1) is 8.31. The van der Waals surface area contributed by atoms with Crippen molar-refractivity contribution in [2.45, 2.75) is 0 Å². The van der Waals surface area contributed by atoms with E-state index in [2.05, 4.69) is 4.74 Å². The zero-order valence-corrected chi connectivity index (χ0v) is 6.01. The van der Waals surface area contributed by atoms with Crippen molar-refractivity contribution in [3.05, 3.63) is 36.1 Å². The average Bonchev–Trinajstić information content (AvgIpc) is 1.89. The van der Waals surface area contributed by atoms with E-state index in [4.69, 9.17) is 11.6 Å². The molecular weight excluding hydrogens is 136 g/mol. The minimum absolute atomic E-state index is 1.44. The van der Waals surface area contributed by atoms with E-state index < -0.39 is 0 Å². The maximum absolute atomic E-state index is 5.23. The van der Waals surface area contributed by atoms with Crippen molar-refractivity contribution >= 4 is 11.6 Å². The number of rotatable bonds is 3. The van der Waals surface area contributed by atoms with Gasteiger partial charge >= 0.3 is 0 Å². The van der Waals surface area contributed by atoms with Gasteiger partial charge in [0, 0.05) is 5.54 Å². The normalized spacial score (nSPS) is 12.2. The lowest BCUT2D eigenvalue weighted by atomic mass is 10.5. The molecule has 0 bridgehead atoms. The molecule has 0 rings (SSSR count). The summed E-state index contributed by atoms with van der Waals surface area (Å²) in [5.74, 6) is 0. The van der Waals surface area contributed by atoms with Gasteiger partial charge in [-0.25, -0.2) is 0 Å². The molecule has 0 fully saturated rings. The highest BCUT2D eigenvalue weighted by Gasteiger charge is 1.59. The molecule has 1 nitrogen and oxygen atoms in total. The molecule has 0 saturated heterocycles. The van der Waals surface area contributed by atoms with Crippen LogP contribution >= 0.6 is 11.6 Å². The van der Waals surface area contributed by atoms with Gasteiger partial charge < -0.3 is 4.74 Å². The molecule has 0 spiro atoms. The lowest BCUT2D eigenvalue weighted by Crippen LogP contribution is -1.60. The molecule has 0 aliphatic rings. The number of hydrogen-bond acceptors (Lipinski definition) is 1. The van der Waals surface area contributed by atoms with Gasteiger partial charge in [0.1, 0.15) is 0 Å². The van der Waals surface area contributed by atoms with Crippen LogP contribution in [0.15, 0.2) is 36.1 Å². The molecule has 50 valence electrons. The Morgan fingerprint density at radius 1 is 1.11 bits per heavy atom. The highest BCUT2D eigenvalue weighted by Crippen LogP contribution is 1.82. The molecule has 0 atom stereocenters. The highest BCUT2D eigenvalue weighted by atomic mass is 35.5. The number of hydrogen-bond donors (Lipinski definition) is 0. The van der Waals surface area contributed by atoms with E-state index in [0.29, 0.717) is 0 Å². The SMILES string of the molecule is CO/C=C/C=C/C=C/Cl. The summed E-state index contributed by atoms with van der Waals surface area (Å²) >= 11 is 5.23. The Hall–Kier alpha value is -0.690. The Labute approximate surface area is 60.3 Å². The van der Waals surface area contributed by atoms with Gasteiger partial charge in [-0.2, -0.15) is 0 Å². The Morgan fingerprint density at radius 2 is 1.78 bits per heavy atom. The zero-order valence-electron chi connectivity index (χ0n) is 5.25. The van der Waals surface area contributed by atoms with E-state index in [-0.39, 0.29) is 0 Å². The topological polar surface area (TPSA) is 9.23 Å². The van der Waals surface area contributed by atoms with Crippen LogP contribution in [-0.4, -0.2) is 7.11 Å². The molecule has 0 heterocycles. The van der Waals surface area contributed by atoms with Crippen LogP contribution in [0.2, 0.25) is 0 Å². The maximum Gasteiger partial charge on any atom is 0.0824 e. The first-order valence-electron chi connectivity index (χ1n) is 2.53. The summed E-state index contributed by atoms with van der Waals surface area (Å²) in [7, 11) is 1.60. The fraction of sp³-hybridized carbons (Fsp3) is 0.143. The summed E-state index contributed by atoms with van der Waals surface area (Å²) < 4.78 is 4.63. The van der Waals surface area contributed by atoms with Gasteiger partial charge in [-0.3, -0.25) is 0 Å². The standard InChI is InChI=1S/C7H9ClO/c1-9-7-5-3-2-4-6-8/h2-7H,1H3/b3-2+,6-4+,7-5+. The molecule has 0 aromatic carbocycles. The molecule has 0 N–H and O–H groups in total. The molecule has 0 aromatic heterocycles. The van der Waals surface area contributed by atoms with Gasteiger partial charge in [-0.1, -0.05) is 29.8 Å². The smallest absolute Gasteiger partial charge is 0.0824 e. The summed E-state index contributed by atoms with van der Waals surface area (Å²) in [6.07, 6.45) is 8.71. The maximum atomic E-state index is 5.23. The first-order valence-corrected chi connectivity index (χ1v) is 2.97. The molecule has 0 aromatic rings. The van der Waals surface area contributed by atoms with Gasteiger partial charge in [-0.05, 0) is 6.08 Å². The largest absolute Gasteiger partial charge is 0.504 e. The minimum atomic E-state index is 1.44. The molecule has 2 heteroatoms. The van der Waals surface area contributed by atoms with Crippen LogP contribution in [0, 0.1) is 0 Å². The van der Waals surface area contributed by atoms with E-state index in [1.807, 2.05) is 12.2 Å². The molecular formula is C7H9ClO. The lowest BCUT2D eigenvalue weighted by molar-refractivity contribution is 0.338. The van der Waals surface area contributed by atoms with Crippen LogP contribution in [0.3, 0.4) is 0 Å². The van der Waals surface area contributed by atoms with E-state index in [9.17, 15) is 0 Å². The summed E-state index contributed by atoms with van der Waals surface area (Å²) in [6.45, 7) is 0. The second kappa shape index (κ2) is 7.31. The van der Waals surface area contributed by atoms with Crippen molar-refractivity contribution in [2.75, 3.05) is 7.11 Å². The van der Waals surface area contributed by atoms with Crippen LogP contribution < -0.4 is 0 Å². The van der Waals surface area contributed by atoms with Gasteiger partial charge in [0.05, 0.1) is 13.4 Å². The third-order valence-electron chi connectivity index (χ3n) is 0.621. The fourth-order valence-electron chi connectivity index (χ4n) is 0.294. The molecule has 0 amide bonds. The summed E-state index contributed by atoms with van der Waals surface area (Å²) in [6, 6.07) is 0. The molecule has 0 saturated carbocycles. The van der Waals surface area contributed by atoms with Gasteiger partial charge in [0.2, 0.25) is 0 Å². The lowest BCUT2D eigenvalue weighted by Gasteiger charge is -1.79. The number of methoxy groups -OCH3 is 1. The summed E-state index contributed by atoms with van der Waals surface area (Å²) in [5.41, 5.74) is 1.44. The quantitative estimate of drug-likeness (QED) is 0.437. The predicted octanol–water partition coefficient (Wildman–Crippen LogP) is 2.46. The Bertz CT molecular complexity index is 125. The third kappa shape index (κ3) is 7.31. The zero-order chi connectivity index (χ0) is 6.95. The van der Waals surface area contributed by atoms with E-state index >= 15 is 0 Å². The molecule has 9 heavy (non-hydrogen) atoms. The number of allylic oxidation sites excluding steroid dienone is 4. The number of halogens is 1. The first-order chi connectivity index (χ1) is 4.41. The van der Waals surface area contributed by atoms with Gasteiger partial charge in [0.15, 0.2) is 0 Å². The predicted molar refractivity (Wildman–Crippen MR) is 40.3 cm³/mol. The average molecular weight is 145 g/mol. The van der Waals surface area contributed by atoms with Crippen LogP contribution in [0.4, 0.5) is 0 Å². The van der Waals surface area contributed by atoms with Crippen molar-refractivity contribution < 1.29 is 4.74 Å². The number of ether oxygens (including phenoxy) is 1. The summed E-state index contributed by atoms with van der Waals surface area (Å²) in [4.78, 5) is 0. The molecule has 0 aliphatic heterocycles. The van der Waals surface area contributed by atoms with Crippen molar-refractivity contribution in [1.29, 1.82) is 0 Å². The van der Waals surface area contributed by atoms with E-state index in [1.165, 1.54) is 5.54 Å². The van der Waals surface area contributed by atoms with E-state index in [1.54, 1.807) is 25.5 Å². The van der Waals surface area contributed by atoms with Gasteiger partial charge in [-0.15, -0.1) is 0 Å². The van der Waals surface area contributed by atoms with Crippen molar-refractivity contribution in [2.24, 2.45) is 0 Å².